The molecular formula is C9H6F2N2OS. The smallest absolute Gasteiger partial charge is 0.188 e. The van der Waals surface area contributed by atoms with Gasteiger partial charge in [0.1, 0.15) is 0 Å². The summed E-state index contributed by atoms with van der Waals surface area (Å²) in [7, 11) is 0. The van der Waals surface area contributed by atoms with E-state index in [1.54, 1.807) is 0 Å². The zero-order valence-corrected chi connectivity index (χ0v) is 8.18. The lowest BCUT2D eigenvalue weighted by Crippen LogP contribution is -1.89. The van der Waals surface area contributed by atoms with Crippen LogP contribution in [0.15, 0.2) is 17.5 Å². The Bertz CT molecular complexity index is 513. The SMILES string of the molecule is Nc1nc(-c2ccc(F)c(O)c2F)cs1. The van der Waals surface area contributed by atoms with Gasteiger partial charge in [-0.05, 0) is 12.1 Å². The van der Waals surface area contributed by atoms with E-state index in [0.717, 1.165) is 17.4 Å². The molecule has 1 aromatic heterocycles. The molecule has 0 spiro atoms. The van der Waals surface area contributed by atoms with Crippen LogP contribution >= 0.6 is 11.3 Å². The molecule has 0 amide bonds. The van der Waals surface area contributed by atoms with E-state index >= 15 is 0 Å². The van der Waals surface area contributed by atoms with Gasteiger partial charge in [-0.25, -0.2) is 13.8 Å². The Kier molecular flexibility index (Phi) is 2.28. The van der Waals surface area contributed by atoms with Crippen molar-refractivity contribution in [2.75, 3.05) is 5.73 Å². The van der Waals surface area contributed by atoms with Crippen molar-refractivity contribution in [3.05, 3.63) is 29.1 Å². The second-order valence-electron chi connectivity index (χ2n) is 2.83. The Balaban J connectivity index is 2.59. The number of anilines is 1. The van der Waals surface area contributed by atoms with E-state index in [2.05, 4.69) is 4.98 Å². The van der Waals surface area contributed by atoms with Crippen LogP contribution in [0.2, 0.25) is 0 Å². The average molecular weight is 228 g/mol. The molecule has 0 radical (unpaired) electrons. The van der Waals surface area contributed by atoms with Gasteiger partial charge in [0.15, 0.2) is 22.5 Å². The van der Waals surface area contributed by atoms with Gasteiger partial charge in [0.05, 0.1) is 5.69 Å². The van der Waals surface area contributed by atoms with Crippen molar-refractivity contribution >= 4 is 16.5 Å². The minimum Gasteiger partial charge on any atom is -0.503 e. The topological polar surface area (TPSA) is 59.1 Å². The van der Waals surface area contributed by atoms with Crippen LogP contribution in [0.4, 0.5) is 13.9 Å². The summed E-state index contributed by atoms with van der Waals surface area (Å²) in [5.41, 5.74) is 5.69. The number of phenolic OH excluding ortho intramolecular Hbond substituents is 1. The second-order valence-corrected chi connectivity index (χ2v) is 3.72. The fraction of sp³-hybridized carbons (Fsp3) is 0. The first-order chi connectivity index (χ1) is 7.09. The fourth-order valence-corrected chi connectivity index (χ4v) is 1.71. The zero-order chi connectivity index (χ0) is 11.0. The first-order valence-corrected chi connectivity index (χ1v) is 4.86. The zero-order valence-electron chi connectivity index (χ0n) is 7.37. The minimum absolute atomic E-state index is 0.0295. The van der Waals surface area contributed by atoms with E-state index in [1.807, 2.05) is 0 Å². The number of nitrogen functional groups attached to an aromatic ring is 1. The quantitative estimate of drug-likeness (QED) is 0.787. The van der Waals surface area contributed by atoms with Crippen LogP contribution in [0.25, 0.3) is 11.3 Å². The van der Waals surface area contributed by atoms with Crippen LogP contribution in [-0.4, -0.2) is 10.1 Å². The first-order valence-electron chi connectivity index (χ1n) is 3.98. The molecule has 0 aliphatic rings. The second kappa shape index (κ2) is 3.47. The van der Waals surface area contributed by atoms with Gasteiger partial charge in [0, 0.05) is 10.9 Å². The summed E-state index contributed by atoms with van der Waals surface area (Å²) in [5.74, 6) is -3.03. The highest BCUT2D eigenvalue weighted by Gasteiger charge is 2.15. The number of rotatable bonds is 1. The number of halogens is 2. The summed E-state index contributed by atoms with van der Waals surface area (Å²) in [4.78, 5) is 3.84. The van der Waals surface area contributed by atoms with Crippen LogP contribution in [0, 0.1) is 11.6 Å². The van der Waals surface area contributed by atoms with Crippen LogP contribution < -0.4 is 5.73 Å². The summed E-state index contributed by atoms with van der Waals surface area (Å²) in [6.07, 6.45) is 0. The molecule has 1 aromatic carbocycles. The molecule has 78 valence electrons. The molecule has 6 heteroatoms. The normalized spacial score (nSPS) is 10.5. The predicted molar refractivity (Wildman–Crippen MR) is 53.5 cm³/mol. The van der Waals surface area contributed by atoms with Crippen LogP contribution in [0.1, 0.15) is 0 Å². The molecule has 0 unspecified atom stereocenters. The summed E-state index contributed by atoms with van der Waals surface area (Å²) >= 11 is 1.14. The number of hydrogen-bond acceptors (Lipinski definition) is 4. The van der Waals surface area contributed by atoms with Gasteiger partial charge in [-0.15, -0.1) is 11.3 Å². The number of benzene rings is 1. The molecule has 0 fully saturated rings. The average Bonchev–Trinajstić information content (AvgIpc) is 2.61. The van der Waals surface area contributed by atoms with Gasteiger partial charge in [0.2, 0.25) is 0 Å². The lowest BCUT2D eigenvalue weighted by molar-refractivity contribution is 0.397. The van der Waals surface area contributed by atoms with Crippen LogP contribution in [-0.2, 0) is 0 Å². The monoisotopic (exact) mass is 228 g/mol. The van der Waals surface area contributed by atoms with E-state index < -0.39 is 17.4 Å². The molecule has 2 rings (SSSR count). The Morgan fingerprint density at radius 3 is 2.67 bits per heavy atom. The standard InChI is InChI=1S/C9H6F2N2OS/c10-5-2-1-4(7(11)8(5)14)6-3-15-9(12)13-6/h1-3,14H,(H2,12,13). The summed E-state index contributed by atoms with van der Waals surface area (Å²) in [6, 6.07) is 2.18. The highest BCUT2D eigenvalue weighted by Crippen LogP contribution is 2.31. The van der Waals surface area contributed by atoms with Gasteiger partial charge in [0.25, 0.3) is 0 Å². The molecule has 0 saturated carbocycles. The minimum atomic E-state index is -1.03. The van der Waals surface area contributed by atoms with Crippen LogP contribution in [0.5, 0.6) is 5.75 Å². The molecule has 0 saturated heterocycles. The third kappa shape index (κ3) is 1.63. The predicted octanol–water partition coefficient (Wildman–Crippen LogP) is 2.38. The van der Waals surface area contributed by atoms with E-state index in [4.69, 9.17) is 10.8 Å². The van der Waals surface area contributed by atoms with E-state index in [9.17, 15) is 8.78 Å². The highest BCUT2D eigenvalue weighted by molar-refractivity contribution is 7.13. The number of nitrogens with zero attached hydrogens (tertiary/aromatic N) is 1. The third-order valence-corrected chi connectivity index (χ3v) is 2.54. The van der Waals surface area contributed by atoms with Crippen molar-refractivity contribution in [1.29, 1.82) is 0 Å². The maximum atomic E-state index is 13.4. The van der Waals surface area contributed by atoms with E-state index in [0.29, 0.717) is 0 Å². The van der Waals surface area contributed by atoms with Crippen molar-refractivity contribution in [2.45, 2.75) is 0 Å². The molecule has 3 nitrogen and oxygen atoms in total. The lowest BCUT2D eigenvalue weighted by atomic mass is 10.1. The van der Waals surface area contributed by atoms with Gasteiger partial charge < -0.3 is 10.8 Å². The maximum absolute atomic E-state index is 13.4. The van der Waals surface area contributed by atoms with Crippen molar-refractivity contribution < 1.29 is 13.9 Å². The molecular weight excluding hydrogens is 222 g/mol. The number of aromatic hydroxyl groups is 1. The van der Waals surface area contributed by atoms with Crippen molar-refractivity contribution in [3.8, 4) is 17.0 Å². The maximum Gasteiger partial charge on any atom is 0.188 e. The molecule has 0 aliphatic heterocycles. The van der Waals surface area contributed by atoms with E-state index in [1.165, 1.54) is 11.4 Å². The summed E-state index contributed by atoms with van der Waals surface area (Å²) < 4.78 is 26.1. The van der Waals surface area contributed by atoms with Gasteiger partial charge >= 0.3 is 0 Å². The number of nitrogens with two attached hydrogens (primary N) is 1. The number of hydrogen-bond donors (Lipinski definition) is 2. The van der Waals surface area contributed by atoms with Crippen molar-refractivity contribution in [1.82, 2.24) is 4.98 Å². The fourth-order valence-electron chi connectivity index (χ4n) is 1.15. The molecule has 15 heavy (non-hydrogen) atoms. The Labute approximate surface area is 87.8 Å². The van der Waals surface area contributed by atoms with Gasteiger partial charge in [-0.1, -0.05) is 0 Å². The Morgan fingerprint density at radius 2 is 2.07 bits per heavy atom. The number of aromatic nitrogens is 1. The van der Waals surface area contributed by atoms with Crippen molar-refractivity contribution in [3.63, 3.8) is 0 Å². The molecule has 0 atom stereocenters. The van der Waals surface area contributed by atoms with Crippen LogP contribution in [0.3, 0.4) is 0 Å². The summed E-state index contributed by atoms with van der Waals surface area (Å²) in [5, 5.41) is 10.9. The van der Waals surface area contributed by atoms with Gasteiger partial charge in [-0.2, -0.15) is 0 Å². The highest BCUT2D eigenvalue weighted by atomic mass is 32.1. The number of thiazole rings is 1. The lowest BCUT2D eigenvalue weighted by Gasteiger charge is -2.02. The first kappa shape index (κ1) is 9.85. The molecule has 0 aliphatic carbocycles. The molecule has 0 bridgehead atoms. The summed E-state index contributed by atoms with van der Waals surface area (Å²) in [6.45, 7) is 0. The van der Waals surface area contributed by atoms with Crippen molar-refractivity contribution in [2.24, 2.45) is 0 Å². The molecule has 1 heterocycles. The number of phenols is 1. The third-order valence-electron chi connectivity index (χ3n) is 1.86. The van der Waals surface area contributed by atoms with Gasteiger partial charge in [-0.3, -0.25) is 0 Å². The molecule has 2 aromatic rings. The molecule has 3 N–H and O–H groups in total. The Hall–Kier alpha value is -1.69. The van der Waals surface area contributed by atoms with E-state index in [-0.39, 0.29) is 16.4 Å². The largest absolute Gasteiger partial charge is 0.503 e. The Morgan fingerprint density at radius 1 is 1.33 bits per heavy atom.